The van der Waals surface area contributed by atoms with E-state index >= 15 is 0 Å². The number of nitrogens with zero attached hydrogens (tertiary/aromatic N) is 4. The smallest absolute Gasteiger partial charge is 0.247 e. The summed E-state index contributed by atoms with van der Waals surface area (Å²) in [5.41, 5.74) is 5.83. The van der Waals surface area contributed by atoms with Crippen LogP contribution < -0.4 is 5.32 Å². The Bertz CT molecular complexity index is 1080. The van der Waals surface area contributed by atoms with Gasteiger partial charge in [0.25, 0.3) is 0 Å². The van der Waals surface area contributed by atoms with Gasteiger partial charge in [0.2, 0.25) is 5.91 Å². The third-order valence-corrected chi connectivity index (χ3v) is 5.27. The van der Waals surface area contributed by atoms with Gasteiger partial charge < -0.3 is 5.32 Å². The van der Waals surface area contributed by atoms with Crippen molar-refractivity contribution in [3.05, 3.63) is 53.0 Å². The highest BCUT2D eigenvalue weighted by Crippen LogP contribution is 2.28. The maximum atomic E-state index is 12.5. The van der Waals surface area contributed by atoms with Gasteiger partial charge in [-0.1, -0.05) is 25.1 Å². The first-order chi connectivity index (χ1) is 13.5. The van der Waals surface area contributed by atoms with Gasteiger partial charge in [-0.3, -0.25) is 19.0 Å². The number of carbonyl (C=O) groups is 2. The van der Waals surface area contributed by atoms with Crippen LogP contribution in [0.25, 0.3) is 11.1 Å². The van der Waals surface area contributed by atoms with Crippen molar-refractivity contribution in [3.63, 3.8) is 0 Å². The molecular weight excluding hydrogens is 354 g/mol. The molecule has 0 aliphatic heterocycles. The second-order valence-corrected chi connectivity index (χ2v) is 7.17. The summed E-state index contributed by atoms with van der Waals surface area (Å²) in [6, 6.07) is 5.88. The number of rotatable bonds is 5. The first-order valence-corrected chi connectivity index (χ1v) is 9.47. The molecule has 0 saturated carbocycles. The van der Waals surface area contributed by atoms with Crippen molar-refractivity contribution in [2.75, 3.05) is 5.32 Å². The maximum absolute atomic E-state index is 12.5. The van der Waals surface area contributed by atoms with Crippen LogP contribution in [0.3, 0.4) is 0 Å². The molecule has 0 saturated heterocycles. The van der Waals surface area contributed by atoms with Gasteiger partial charge in [0, 0.05) is 36.4 Å². The number of nitrogens with one attached hydrogen (secondary N) is 1. The molecule has 7 nitrogen and oxygen atoms in total. The van der Waals surface area contributed by atoms with Crippen LogP contribution in [0.15, 0.2) is 30.6 Å². The summed E-state index contributed by atoms with van der Waals surface area (Å²) in [6.07, 6.45) is 5.81. The number of anilines is 1. The molecule has 0 atom stereocenters. The Labute approximate surface area is 163 Å². The molecule has 0 unspecified atom stereocenters. The average molecular weight is 377 g/mol. The molecule has 2 heterocycles. The number of amides is 1. The number of Topliss-reactive ketones (excluding diaryl/α,β-unsaturated/α-hetero) is 1. The zero-order valence-corrected chi connectivity index (χ0v) is 16.3. The van der Waals surface area contributed by atoms with Crippen LogP contribution >= 0.6 is 0 Å². The van der Waals surface area contributed by atoms with Crippen molar-refractivity contribution in [3.8, 4) is 11.1 Å². The molecule has 7 heteroatoms. The second kappa shape index (κ2) is 7.07. The van der Waals surface area contributed by atoms with Gasteiger partial charge in [-0.15, -0.1) is 0 Å². The Kier molecular flexibility index (Phi) is 4.58. The summed E-state index contributed by atoms with van der Waals surface area (Å²) in [7, 11) is 1.83. The van der Waals surface area contributed by atoms with Crippen LogP contribution in [0.5, 0.6) is 0 Å². The lowest BCUT2D eigenvalue weighted by molar-refractivity contribution is -0.117. The SMILES string of the molecule is CCc1nn(C)c(NC(=O)Cn2cc(-c3ccc4c(c3)CCC4=O)cn2)c1C. The van der Waals surface area contributed by atoms with Gasteiger partial charge in [0.1, 0.15) is 12.4 Å². The molecule has 2 aromatic heterocycles. The van der Waals surface area contributed by atoms with E-state index in [-0.39, 0.29) is 18.2 Å². The molecule has 1 aliphatic carbocycles. The highest BCUT2D eigenvalue weighted by molar-refractivity contribution is 6.01. The number of hydrogen-bond donors (Lipinski definition) is 1. The fourth-order valence-corrected chi connectivity index (χ4v) is 3.75. The summed E-state index contributed by atoms with van der Waals surface area (Å²) < 4.78 is 3.32. The molecule has 1 aromatic carbocycles. The van der Waals surface area contributed by atoms with Crippen molar-refractivity contribution in [1.29, 1.82) is 0 Å². The largest absolute Gasteiger partial charge is 0.309 e. The van der Waals surface area contributed by atoms with Gasteiger partial charge in [0.15, 0.2) is 5.78 Å². The Hall–Kier alpha value is -3.22. The quantitative estimate of drug-likeness (QED) is 0.741. The highest BCUT2D eigenvalue weighted by atomic mass is 16.2. The standard InChI is InChI=1S/C21H23N5O2/c1-4-18-13(2)21(25(3)24-18)23-20(28)12-26-11-16(10-22-26)14-5-7-17-15(9-14)6-8-19(17)27/h5,7,9-11H,4,6,8,12H2,1-3H3,(H,23,28). The Morgan fingerprint density at radius 3 is 2.82 bits per heavy atom. The van der Waals surface area contributed by atoms with Gasteiger partial charge >= 0.3 is 0 Å². The van der Waals surface area contributed by atoms with Crippen LogP contribution in [0, 0.1) is 6.92 Å². The predicted molar refractivity (Wildman–Crippen MR) is 106 cm³/mol. The first kappa shape index (κ1) is 18.2. The molecule has 0 fully saturated rings. The van der Waals surface area contributed by atoms with Gasteiger partial charge in [-0.05, 0) is 30.9 Å². The van der Waals surface area contributed by atoms with E-state index in [9.17, 15) is 9.59 Å². The maximum Gasteiger partial charge on any atom is 0.247 e. The van der Waals surface area contributed by atoms with Crippen molar-refractivity contribution in [1.82, 2.24) is 19.6 Å². The van der Waals surface area contributed by atoms with Crippen LogP contribution in [-0.4, -0.2) is 31.3 Å². The molecule has 0 bridgehead atoms. The molecule has 0 radical (unpaired) electrons. The van der Waals surface area contributed by atoms with Crippen LogP contribution in [0.2, 0.25) is 0 Å². The minimum absolute atomic E-state index is 0.121. The molecular formula is C21H23N5O2. The summed E-state index contributed by atoms with van der Waals surface area (Å²) >= 11 is 0. The zero-order valence-electron chi connectivity index (χ0n) is 16.3. The van der Waals surface area contributed by atoms with Crippen molar-refractivity contribution in [2.24, 2.45) is 7.05 Å². The highest BCUT2D eigenvalue weighted by Gasteiger charge is 2.20. The third-order valence-electron chi connectivity index (χ3n) is 5.27. The number of aryl methyl sites for hydroxylation is 3. The van der Waals surface area contributed by atoms with Gasteiger partial charge in [-0.25, -0.2) is 0 Å². The Morgan fingerprint density at radius 2 is 2.07 bits per heavy atom. The van der Waals surface area contributed by atoms with E-state index in [0.29, 0.717) is 6.42 Å². The van der Waals surface area contributed by atoms with E-state index < -0.39 is 0 Å². The fraction of sp³-hybridized carbons (Fsp3) is 0.333. The monoisotopic (exact) mass is 377 g/mol. The van der Waals surface area contributed by atoms with Gasteiger partial charge in [-0.2, -0.15) is 10.2 Å². The summed E-state index contributed by atoms with van der Waals surface area (Å²) in [5, 5.41) is 11.7. The lowest BCUT2D eigenvalue weighted by atomic mass is 10.0. The first-order valence-electron chi connectivity index (χ1n) is 9.47. The van der Waals surface area contributed by atoms with Crippen molar-refractivity contribution < 1.29 is 9.59 Å². The minimum atomic E-state index is -0.150. The fourth-order valence-electron chi connectivity index (χ4n) is 3.75. The molecule has 0 spiro atoms. The van der Waals surface area contributed by atoms with E-state index in [4.69, 9.17) is 0 Å². The molecule has 3 aromatic rings. The van der Waals surface area contributed by atoms with E-state index in [0.717, 1.165) is 52.2 Å². The minimum Gasteiger partial charge on any atom is -0.309 e. The number of ketones is 1. The molecule has 1 aliphatic rings. The molecule has 28 heavy (non-hydrogen) atoms. The van der Waals surface area contributed by atoms with E-state index in [1.165, 1.54) is 0 Å². The predicted octanol–water partition coefficient (Wildman–Crippen LogP) is 2.92. The number of fused-ring (bicyclic) bond motifs is 1. The third kappa shape index (κ3) is 3.24. The topological polar surface area (TPSA) is 81.8 Å². The van der Waals surface area contributed by atoms with Crippen LogP contribution in [0.4, 0.5) is 5.82 Å². The van der Waals surface area contributed by atoms with E-state index in [1.807, 2.05) is 45.3 Å². The summed E-state index contributed by atoms with van der Waals surface area (Å²) in [5.74, 6) is 0.783. The number of hydrogen-bond acceptors (Lipinski definition) is 4. The van der Waals surface area contributed by atoms with Crippen LogP contribution in [0.1, 0.15) is 40.5 Å². The van der Waals surface area contributed by atoms with Crippen LogP contribution in [-0.2, 0) is 31.2 Å². The van der Waals surface area contributed by atoms with E-state index in [2.05, 4.69) is 15.5 Å². The van der Waals surface area contributed by atoms with E-state index in [1.54, 1.807) is 15.6 Å². The van der Waals surface area contributed by atoms with Gasteiger partial charge in [0.05, 0.1) is 11.9 Å². The molecule has 1 amide bonds. The Balaban J connectivity index is 1.47. The second-order valence-electron chi connectivity index (χ2n) is 7.17. The number of carbonyl (C=O) groups excluding carboxylic acids is 2. The molecule has 1 N–H and O–H groups in total. The molecule has 144 valence electrons. The summed E-state index contributed by atoms with van der Waals surface area (Å²) in [4.78, 5) is 24.3. The normalized spacial score (nSPS) is 13.0. The Morgan fingerprint density at radius 1 is 1.25 bits per heavy atom. The zero-order chi connectivity index (χ0) is 19.8. The number of aromatic nitrogens is 4. The molecule has 4 rings (SSSR count). The lowest BCUT2D eigenvalue weighted by Crippen LogP contribution is -2.21. The lowest BCUT2D eigenvalue weighted by Gasteiger charge is -2.07. The average Bonchev–Trinajstić information content (AvgIpc) is 3.36. The van der Waals surface area contributed by atoms with Crippen molar-refractivity contribution in [2.45, 2.75) is 39.7 Å². The van der Waals surface area contributed by atoms with Crippen molar-refractivity contribution >= 4 is 17.5 Å². The summed E-state index contributed by atoms with van der Waals surface area (Å²) in [6.45, 7) is 4.13. The number of benzene rings is 1.